The van der Waals surface area contributed by atoms with Crippen molar-refractivity contribution in [1.29, 1.82) is 0 Å². The summed E-state index contributed by atoms with van der Waals surface area (Å²) in [7, 11) is 0. The Balaban J connectivity index is 1.18. The Morgan fingerprint density at radius 2 is 1.67 bits per heavy atom. The molecular formula is C34H56OS. The highest BCUT2D eigenvalue weighted by molar-refractivity contribution is 8.14. The van der Waals surface area contributed by atoms with Gasteiger partial charge in [0.05, 0.1) is 0 Å². The van der Waals surface area contributed by atoms with Crippen LogP contribution in [0.15, 0.2) is 11.6 Å². The second-order valence-electron chi connectivity index (χ2n) is 14.3. The van der Waals surface area contributed by atoms with Crippen LogP contribution < -0.4 is 0 Å². The third kappa shape index (κ3) is 5.42. The highest BCUT2D eigenvalue weighted by atomic mass is 32.2. The number of thioether (sulfide) groups is 1. The van der Waals surface area contributed by atoms with Crippen molar-refractivity contribution < 1.29 is 4.79 Å². The third-order valence-corrected chi connectivity index (χ3v) is 13.7. The number of hydrogen-bond donors (Lipinski definition) is 0. The van der Waals surface area contributed by atoms with Crippen molar-refractivity contribution in [3.63, 3.8) is 0 Å². The topological polar surface area (TPSA) is 17.1 Å². The summed E-state index contributed by atoms with van der Waals surface area (Å²) in [6.45, 7) is 7.68. The van der Waals surface area contributed by atoms with E-state index in [9.17, 15) is 4.79 Å². The predicted octanol–water partition coefficient (Wildman–Crippen LogP) is 10.5. The molecule has 0 unspecified atom stereocenters. The Kier molecular flexibility index (Phi) is 9.02. The fourth-order valence-electron chi connectivity index (χ4n) is 10.1. The first-order valence-electron chi connectivity index (χ1n) is 16.4. The van der Waals surface area contributed by atoms with Gasteiger partial charge in [-0.15, -0.1) is 0 Å². The number of carbonyl (C=O) groups excluding carboxylic acids is 1. The Bertz CT molecular complexity index is 780. The Hall–Kier alpha value is -0.240. The van der Waals surface area contributed by atoms with Crippen LogP contribution in [0.3, 0.4) is 0 Å². The lowest BCUT2D eigenvalue weighted by Gasteiger charge is -2.58. The van der Waals surface area contributed by atoms with Crippen molar-refractivity contribution in [3.05, 3.63) is 11.6 Å². The van der Waals surface area contributed by atoms with Gasteiger partial charge in [0.2, 0.25) is 0 Å². The molecule has 0 aromatic heterocycles. The van der Waals surface area contributed by atoms with Crippen LogP contribution in [-0.4, -0.2) is 10.4 Å². The van der Waals surface area contributed by atoms with Gasteiger partial charge in [-0.3, -0.25) is 4.79 Å². The molecule has 1 nitrogen and oxygen atoms in total. The minimum Gasteiger partial charge on any atom is -0.287 e. The van der Waals surface area contributed by atoms with Gasteiger partial charge in [0.15, 0.2) is 5.12 Å². The first-order valence-corrected chi connectivity index (χ1v) is 17.2. The van der Waals surface area contributed by atoms with Crippen molar-refractivity contribution in [2.24, 2.45) is 40.4 Å². The highest BCUT2D eigenvalue weighted by Gasteiger charge is 2.58. The summed E-state index contributed by atoms with van der Waals surface area (Å²) in [6.07, 6.45) is 30.2. The minimum absolute atomic E-state index is 0.365. The van der Waals surface area contributed by atoms with Crippen LogP contribution in [0.2, 0.25) is 0 Å². The summed E-state index contributed by atoms with van der Waals surface area (Å²) in [5.74, 6) is 4.16. The van der Waals surface area contributed by atoms with E-state index < -0.39 is 0 Å². The maximum Gasteiger partial charge on any atom is 0.192 e. The normalized spacial score (nSPS) is 40.8. The van der Waals surface area contributed by atoms with E-state index in [4.69, 9.17) is 0 Å². The molecule has 7 atom stereocenters. The van der Waals surface area contributed by atoms with Crippen LogP contribution in [-0.2, 0) is 4.79 Å². The molecule has 4 saturated carbocycles. The smallest absolute Gasteiger partial charge is 0.192 e. The lowest BCUT2D eigenvalue weighted by Crippen LogP contribution is -2.50. The van der Waals surface area contributed by atoms with E-state index in [1.54, 1.807) is 17.3 Å². The zero-order valence-electron chi connectivity index (χ0n) is 24.0. The molecule has 0 heterocycles. The van der Waals surface area contributed by atoms with Crippen LogP contribution in [0.25, 0.3) is 0 Å². The van der Waals surface area contributed by atoms with Crippen LogP contribution in [0.4, 0.5) is 0 Å². The van der Waals surface area contributed by atoms with E-state index in [1.165, 1.54) is 116 Å². The molecule has 5 rings (SSSR count). The lowest BCUT2D eigenvalue weighted by molar-refractivity contribution is -0.115. The van der Waals surface area contributed by atoms with Crippen molar-refractivity contribution in [2.75, 3.05) is 0 Å². The molecule has 0 saturated heterocycles. The Labute approximate surface area is 227 Å². The van der Waals surface area contributed by atoms with Crippen LogP contribution >= 0.6 is 11.8 Å². The molecule has 0 bridgehead atoms. The molecule has 204 valence electrons. The van der Waals surface area contributed by atoms with Crippen LogP contribution in [0.5, 0.6) is 0 Å². The summed E-state index contributed by atoms with van der Waals surface area (Å²) in [5.41, 5.74) is 2.80. The number of unbranched alkanes of at least 4 members (excludes halogenated alkanes) is 5. The molecule has 5 aliphatic rings. The first-order chi connectivity index (χ1) is 17.5. The summed E-state index contributed by atoms with van der Waals surface area (Å²) < 4.78 is 0. The molecule has 0 spiro atoms. The molecule has 2 heteroatoms. The quantitative estimate of drug-likeness (QED) is 0.226. The summed E-state index contributed by atoms with van der Waals surface area (Å²) in [6, 6.07) is 0. The molecule has 5 aliphatic carbocycles. The van der Waals surface area contributed by atoms with Crippen LogP contribution in [0.1, 0.15) is 149 Å². The fourth-order valence-corrected chi connectivity index (χ4v) is 11.3. The molecule has 0 N–H and O–H groups in total. The van der Waals surface area contributed by atoms with Crippen molar-refractivity contribution in [1.82, 2.24) is 0 Å². The molecule has 36 heavy (non-hydrogen) atoms. The van der Waals surface area contributed by atoms with Gasteiger partial charge >= 0.3 is 0 Å². The van der Waals surface area contributed by atoms with Gasteiger partial charge in [-0.2, -0.15) is 0 Å². The Morgan fingerprint density at radius 1 is 0.889 bits per heavy atom. The molecule has 0 radical (unpaired) electrons. The van der Waals surface area contributed by atoms with Gasteiger partial charge in [0, 0.05) is 11.2 Å². The largest absolute Gasteiger partial charge is 0.287 e. The number of allylic oxidation sites excluding steroid dienone is 2. The molecule has 0 aromatic rings. The molecule has 0 amide bonds. The van der Waals surface area contributed by atoms with Gasteiger partial charge in [0.25, 0.3) is 0 Å². The zero-order chi connectivity index (χ0) is 25.2. The average Bonchev–Trinajstić information content (AvgIpc) is 3.23. The van der Waals surface area contributed by atoms with E-state index in [0.29, 0.717) is 27.1 Å². The zero-order valence-corrected chi connectivity index (χ0v) is 24.8. The second kappa shape index (κ2) is 11.9. The number of hydrogen-bond acceptors (Lipinski definition) is 2. The van der Waals surface area contributed by atoms with Crippen molar-refractivity contribution >= 4 is 16.9 Å². The number of carbonyl (C=O) groups is 1. The second-order valence-corrected chi connectivity index (χ2v) is 15.6. The van der Waals surface area contributed by atoms with E-state index in [2.05, 4.69) is 26.8 Å². The van der Waals surface area contributed by atoms with Gasteiger partial charge < -0.3 is 0 Å². The van der Waals surface area contributed by atoms with E-state index >= 15 is 0 Å². The van der Waals surface area contributed by atoms with Gasteiger partial charge in [-0.1, -0.05) is 102 Å². The number of rotatable bonds is 9. The fraction of sp³-hybridized carbons (Fsp3) is 0.912. The summed E-state index contributed by atoms with van der Waals surface area (Å²) in [4.78, 5) is 13.0. The van der Waals surface area contributed by atoms with Gasteiger partial charge in [-0.25, -0.2) is 0 Å². The average molecular weight is 513 g/mol. The summed E-state index contributed by atoms with van der Waals surface area (Å²) in [5, 5.41) is 1.09. The first kappa shape index (κ1) is 27.3. The van der Waals surface area contributed by atoms with E-state index in [1.807, 2.05) is 0 Å². The molecule has 4 fully saturated rings. The summed E-state index contributed by atoms with van der Waals surface area (Å²) >= 11 is 1.76. The standard InChI is InChI=1S/C34H56OS/c1-4-5-6-7-8-12-15-26-17-19-30-29-18-16-27-24-28(36-32(35)25-13-10-9-11-14-25)20-22-34(27,3)31(29)21-23-33(26,30)2/h16,25-26,28-31H,4-15,17-24H2,1-3H3/t26-,28+,29+,30-,31-,33-,34+/m1/s1. The van der Waals surface area contributed by atoms with E-state index in [0.717, 1.165) is 36.5 Å². The maximum atomic E-state index is 13.0. The predicted molar refractivity (Wildman–Crippen MR) is 156 cm³/mol. The Morgan fingerprint density at radius 3 is 2.47 bits per heavy atom. The number of fused-ring (bicyclic) bond motifs is 5. The molecular weight excluding hydrogens is 456 g/mol. The third-order valence-electron chi connectivity index (χ3n) is 12.4. The molecule has 0 aliphatic heterocycles. The maximum absolute atomic E-state index is 13.0. The highest BCUT2D eigenvalue weighted by Crippen LogP contribution is 2.67. The monoisotopic (exact) mass is 512 g/mol. The SMILES string of the molecule is CCCCCCCC[C@@H]1CC[C@@H]2[C@@H]3CC=C4C[C@@H](SC(=O)C5CCCCC5)CC[C@]4(C)[C@@H]3CC[C@]12C. The van der Waals surface area contributed by atoms with E-state index in [-0.39, 0.29) is 0 Å². The minimum atomic E-state index is 0.365. The van der Waals surface area contributed by atoms with Crippen molar-refractivity contribution in [3.8, 4) is 0 Å². The van der Waals surface area contributed by atoms with Crippen molar-refractivity contribution in [2.45, 2.75) is 154 Å². The molecule has 0 aromatic carbocycles. The van der Waals surface area contributed by atoms with Gasteiger partial charge in [-0.05, 0) is 105 Å². The lowest BCUT2D eigenvalue weighted by atomic mass is 9.47. The van der Waals surface area contributed by atoms with Crippen LogP contribution in [0, 0.1) is 40.4 Å². The van der Waals surface area contributed by atoms with Gasteiger partial charge in [0.1, 0.15) is 0 Å².